The summed E-state index contributed by atoms with van der Waals surface area (Å²) in [6, 6.07) is 14.1. The Bertz CT molecular complexity index is 1260. The van der Waals surface area contributed by atoms with E-state index in [2.05, 4.69) is 6.92 Å². The Morgan fingerprint density at radius 1 is 0.763 bits per heavy atom. The van der Waals surface area contributed by atoms with Crippen molar-refractivity contribution in [3.8, 4) is 16.9 Å². The van der Waals surface area contributed by atoms with Crippen LogP contribution in [0.2, 0.25) is 0 Å². The molecule has 3 aromatic rings. The molecule has 0 saturated heterocycles. The topological polar surface area (TPSA) is 9.23 Å². The predicted octanol–water partition coefficient (Wildman–Crippen LogP) is 9.86. The standard InChI is InChI=1S/C33H36F4O/c1-3-5-6-7-22-8-13-24(14-9-22)27-19-18-26(30(34)31(27)35)17-12-23-10-15-25(16-11-23)28-20-21-29(38-4-2)33(37)32(28)36/h8-9,13-15,18-21,23H,3-7,10-12,16-17H2,1-2H3. The number of halogens is 4. The van der Waals surface area contributed by atoms with E-state index in [9.17, 15) is 17.6 Å². The van der Waals surface area contributed by atoms with Gasteiger partial charge in [-0.25, -0.2) is 13.2 Å². The van der Waals surface area contributed by atoms with Crippen molar-refractivity contribution in [1.82, 2.24) is 0 Å². The van der Waals surface area contributed by atoms with E-state index < -0.39 is 23.3 Å². The molecule has 1 atom stereocenters. The van der Waals surface area contributed by atoms with Crippen LogP contribution in [0.5, 0.6) is 5.75 Å². The number of hydrogen-bond donors (Lipinski definition) is 0. The third-order valence-electron chi connectivity index (χ3n) is 7.53. The average Bonchev–Trinajstić information content (AvgIpc) is 2.93. The lowest BCUT2D eigenvalue weighted by atomic mass is 9.83. The van der Waals surface area contributed by atoms with Crippen LogP contribution in [0, 0.1) is 29.2 Å². The van der Waals surface area contributed by atoms with Crippen molar-refractivity contribution < 1.29 is 22.3 Å². The molecular weight excluding hydrogens is 488 g/mol. The van der Waals surface area contributed by atoms with E-state index >= 15 is 0 Å². The minimum atomic E-state index is -0.962. The van der Waals surface area contributed by atoms with Gasteiger partial charge in [-0.1, -0.05) is 62.2 Å². The molecule has 1 nitrogen and oxygen atoms in total. The maximum Gasteiger partial charge on any atom is 0.201 e. The Morgan fingerprint density at radius 3 is 2.18 bits per heavy atom. The van der Waals surface area contributed by atoms with Crippen LogP contribution in [0.3, 0.4) is 0 Å². The number of hydrogen-bond acceptors (Lipinski definition) is 1. The molecule has 0 N–H and O–H groups in total. The van der Waals surface area contributed by atoms with Gasteiger partial charge >= 0.3 is 0 Å². The van der Waals surface area contributed by atoms with E-state index in [1.807, 2.05) is 30.3 Å². The molecule has 0 aliphatic heterocycles. The van der Waals surface area contributed by atoms with E-state index in [-0.39, 0.29) is 29.4 Å². The second kappa shape index (κ2) is 13.1. The number of allylic oxidation sites excluding steroid dienone is 2. The molecule has 0 radical (unpaired) electrons. The van der Waals surface area contributed by atoms with Crippen LogP contribution in [0.4, 0.5) is 17.6 Å². The number of benzene rings is 3. The van der Waals surface area contributed by atoms with Gasteiger partial charge in [0.25, 0.3) is 0 Å². The van der Waals surface area contributed by atoms with Crippen molar-refractivity contribution in [3.63, 3.8) is 0 Å². The first kappa shape index (κ1) is 27.9. The maximum atomic E-state index is 15.0. The Balaban J connectivity index is 1.37. The van der Waals surface area contributed by atoms with E-state index in [4.69, 9.17) is 4.74 Å². The second-order valence-corrected chi connectivity index (χ2v) is 10.1. The molecule has 4 rings (SSSR count). The van der Waals surface area contributed by atoms with Crippen molar-refractivity contribution >= 4 is 5.57 Å². The van der Waals surface area contributed by atoms with Crippen molar-refractivity contribution in [2.24, 2.45) is 5.92 Å². The van der Waals surface area contributed by atoms with Crippen LogP contribution >= 0.6 is 0 Å². The summed E-state index contributed by atoms with van der Waals surface area (Å²) in [5.74, 6) is -3.24. The van der Waals surface area contributed by atoms with Gasteiger partial charge in [0.05, 0.1) is 6.61 Å². The molecule has 0 amide bonds. The highest BCUT2D eigenvalue weighted by atomic mass is 19.2. The van der Waals surface area contributed by atoms with Crippen LogP contribution in [0.25, 0.3) is 16.7 Å². The fraction of sp³-hybridized carbons (Fsp3) is 0.394. The van der Waals surface area contributed by atoms with Crippen LogP contribution in [0.15, 0.2) is 54.6 Å². The fourth-order valence-electron chi connectivity index (χ4n) is 5.24. The first-order chi connectivity index (χ1) is 18.4. The normalized spacial score (nSPS) is 15.4. The summed E-state index contributed by atoms with van der Waals surface area (Å²) < 4.78 is 63.9. The lowest BCUT2D eigenvalue weighted by molar-refractivity contribution is 0.314. The molecule has 1 aliphatic carbocycles. The minimum Gasteiger partial charge on any atom is -0.491 e. The molecule has 1 unspecified atom stereocenters. The molecule has 0 saturated carbocycles. The van der Waals surface area contributed by atoms with Gasteiger partial charge in [0, 0.05) is 11.1 Å². The Kier molecular flexibility index (Phi) is 9.65. The average molecular weight is 525 g/mol. The minimum absolute atomic E-state index is 0.0808. The zero-order chi connectivity index (χ0) is 27.1. The quantitative estimate of drug-likeness (QED) is 0.179. The predicted molar refractivity (Wildman–Crippen MR) is 146 cm³/mol. The Labute approximate surface area is 223 Å². The van der Waals surface area contributed by atoms with Crippen molar-refractivity contribution in [3.05, 3.63) is 94.6 Å². The van der Waals surface area contributed by atoms with E-state index in [0.717, 1.165) is 24.8 Å². The van der Waals surface area contributed by atoms with E-state index in [0.29, 0.717) is 36.8 Å². The first-order valence-corrected chi connectivity index (χ1v) is 13.8. The maximum absolute atomic E-state index is 15.0. The molecule has 0 bridgehead atoms. The smallest absolute Gasteiger partial charge is 0.201 e. The molecular formula is C33H36F4O. The van der Waals surface area contributed by atoms with Crippen LogP contribution in [-0.2, 0) is 12.8 Å². The van der Waals surface area contributed by atoms with Gasteiger partial charge in [-0.05, 0) is 92.2 Å². The summed E-state index contributed by atoms with van der Waals surface area (Å²) in [6.45, 7) is 4.15. The lowest BCUT2D eigenvalue weighted by Crippen LogP contribution is -2.09. The molecule has 1 aliphatic rings. The molecule has 0 fully saturated rings. The molecule has 5 heteroatoms. The summed E-state index contributed by atoms with van der Waals surface area (Å²) >= 11 is 0. The van der Waals surface area contributed by atoms with Crippen LogP contribution < -0.4 is 4.74 Å². The molecule has 0 aromatic heterocycles. The zero-order valence-electron chi connectivity index (χ0n) is 22.3. The Morgan fingerprint density at radius 2 is 1.50 bits per heavy atom. The SMILES string of the molecule is CCCCCc1ccc(-c2ccc(CCC3CC=C(c4ccc(OCC)c(F)c4F)CC3)c(F)c2F)cc1. The molecule has 38 heavy (non-hydrogen) atoms. The summed E-state index contributed by atoms with van der Waals surface area (Å²) in [4.78, 5) is 0. The molecule has 202 valence electrons. The number of ether oxygens (including phenoxy) is 1. The van der Waals surface area contributed by atoms with E-state index in [1.165, 1.54) is 24.5 Å². The monoisotopic (exact) mass is 524 g/mol. The third-order valence-corrected chi connectivity index (χ3v) is 7.53. The van der Waals surface area contributed by atoms with Gasteiger partial charge in [-0.3, -0.25) is 0 Å². The van der Waals surface area contributed by atoms with Gasteiger partial charge in [0.1, 0.15) is 0 Å². The van der Waals surface area contributed by atoms with Crippen molar-refractivity contribution in [2.45, 2.75) is 71.6 Å². The number of aryl methyl sites for hydroxylation is 2. The zero-order valence-corrected chi connectivity index (χ0v) is 22.3. The van der Waals surface area contributed by atoms with Crippen LogP contribution in [0.1, 0.15) is 75.5 Å². The Hall–Kier alpha value is -3.08. The molecule has 0 spiro atoms. The fourth-order valence-corrected chi connectivity index (χ4v) is 5.24. The van der Waals surface area contributed by atoms with Gasteiger partial charge in [0.2, 0.25) is 5.82 Å². The summed E-state index contributed by atoms with van der Waals surface area (Å²) in [5, 5.41) is 0. The molecule has 0 heterocycles. The highest BCUT2D eigenvalue weighted by Gasteiger charge is 2.22. The van der Waals surface area contributed by atoms with Crippen molar-refractivity contribution in [2.75, 3.05) is 6.61 Å². The third kappa shape index (κ3) is 6.48. The second-order valence-electron chi connectivity index (χ2n) is 10.1. The largest absolute Gasteiger partial charge is 0.491 e. The van der Waals surface area contributed by atoms with E-state index in [1.54, 1.807) is 25.1 Å². The van der Waals surface area contributed by atoms with Crippen molar-refractivity contribution in [1.29, 1.82) is 0 Å². The lowest BCUT2D eigenvalue weighted by Gasteiger charge is -2.23. The molecule has 3 aromatic carbocycles. The first-order valence-electron chi connectivity index (χ1n) is 13.8. The highest BCUT2D eigenvalue weighted by molar-refractivity contribution is 5.68. The summed E-state index contributed by atoms with van der Waals surface area (Å²) in [6.07, 6.45) is 9.63. The van der Waals surface area contributed by atoms with Gasteiger partial charge in [0.15, 0.2) is 23.2 Å². The summed E-state index contributed by atoms with van der Waals surface area (Å²) in [5.41, 5.74) is 3.58. The number of rotatable bonds is 11. The van der Waals surface area contributed by atoms with Gasteiger partial charge in [-0.15, -0.1) is 0 Å². The van der Waals surface area contributed by atoms with Gasteiger partial charge < -0.3 is 4.74 Å². The highest BCUT2D eigenvalue weighted by Crippen LogP contribution is 2.36. The number of unbranched alkanes of at least 4 members (excludes halogenated alkanes) is 2. The van der Waals surface area contributed by atoms with Crippen LogP contribution in [-0.4, -0.2) is 6.61 Å². The summed E-state index contributed by atoms with van der Waals surface area (Å²) in [7, 11) is 0. The van der Waals surface area contributed by atoms with Gasteiger partial charge in [-0.2, -0.15) is 4.39 Å².